The second-order valence-corrected chi connectivity index (χ2v) is 5.00. The molecule has 0 saturated heterocycles. The topological polar surface area (TPSA) is 43.4 Å². The van der Waals surface area contributed by atoms with Gasteiger partial charge < -0.3 is 4.74 Å². The molecule has 0 bridgehead atoms. The Morgan fingerprint density at radius 1 is 1.44 bits per heavy atom. The molecule has 0 fully saturated rings. The van der Waals surface area contributed by atoms with Crippen molar-refractivity contribution < 1.29 is 14.3 Å². The van der Waals surface area contributed by atoms with E-state index in [1.54, 1.807) is 0 Å². The number of ether oxygens (including phenoxy) is 1. The lowest BCUT2D eigenvalue weighted by molar-refractivity contribution is -0.151. The van der Waals surface area contributed by atoms with Crippen molar-refractivity contribution in [2.75, 3.05) is 7.11 Å². The second kappa shape index (κ2) is 5.80. The molecule has 1 atom stereocenters. The Hall–Kier alpha value is -1.16. The van der Waals surface area contributed by atoms with Crippen molar-refractivity contribution in [3.05, 3.63) is 22.4 Å². The van der Waals surface area contributed by atoms with Crippen molar-refractivity contribution in [3.63, 3.8) is 0 Å². The maximum absolute atomic E-state index is 12.0. The van der Waals surface area contributed by atoms with E-state index in [0.717, 1.165) is 4.88 Å². The van der Waals surface area contributed by atoms with Crippen LogP contribution in [0.25, 0.3) is 0 Å². The van der Waals surface area contributed by atoms with Gasteiger partial charge in [-0.3, -0.25) is 9.59 Å². The Kier molecular flexibility index (Phi) is 4.68. The van der Waals surface area contributed by atoms with Crippen LogP contribution in [0, 0.1) is 11.8 Å². The number of methoxy groups -OCH3 is 1. The van der Waals surface area contributed by atoms with Crippen molar-refractivity contribution in [1.82, 2.24) is 0 Å². The van der Waals surface area contributed by atoms with Crippen molar-refractivity contribution in [2.45, 2.75) is 20.3 Å². The van der Waals surface area contributed by atoms with Crippen LogP contribution in [0.2, 0.25) is 0 Å². The second-order valence-electron chi connectivity index (χ2n) is 3.97. The molecule has 16 heavy (non-hydrogen) atoms. The van der Waals surface area contributed by atoms with Gasteiger partial charge in [-0.2, -0.15) is 0 Å². The van der Waals surface area contributed by atoms with Crippen molar-refractivity contribution in [3.8, 4) is 0 Å². The molecule has 4 heteroatoms. The molecule has 1 aromatic heterocycles. The van der Waals surface area contributed by atoms with Crippen LogP contribution < -0.4 is 0 Å². The predicted octanol–water partition coefficient (Wildman–Crippen LogP) is 2.30. The van der Waals surface area contributed by atoms with Gasteiger partial charge in [0.2, 0.25) is 0 Å². The van der Waals surface area contributed by atoms with E-state index in [9.17, 15) is 9.59 Å². The number of carbonyl (C=O) groups excluding carboxylic acids is 2. The minimum absolute atomic E-state index is 0.0279. The lowest BCUT2D eigenvalue weighted by Gasteiger charge is -2.16. The zero-order valence-corrected chi connectivity index (χ0v) is 10.5. The van der Waals surface area contributed by atoms with Gasteiger partial charge in [-0.1, -0.05) is 19.9 Å². The first kappa shape index (κ1) is 12.9. The molecule has 1 aromatic rings. The summed E-state index contributed by atoms with van der Waals surface area (Å²) in [6.45, 7) is 3.71. The lowest BCUT2D eigenvalue weighted by atomic mass is 9.90. The first-order valence-corrected chi connectivity index (χ1v) is 6.07. The van der Waals surface area contributed by atoms with E-state index in [-0.39, 0.29) is 11.7 Å². The van der Waals surface area contributed by atoms with Crippen molar-refractivity contribution in [1.29, 1.82) is 0 Å². The standard InChI is InChI=1S/C12H16O3S/c1-8(2)11(12(14)15-3)10(13)7-9-5-4-6-16-9/h4-6,8,11H,7H2,1-3H3. The molecule has 0 aliphatic rings. The molecule has 0 spiro atoms. The zero-order chi connectivity index (χ0) is 12.1. The highest BCUT2D eigenvalue weighted by molar-refractivity contribution is 7.10. The maximum atomic E-state index is 12.0. The summed E-state index contributed by atoms with van der Waals surface area (Å²) >= 11 is 1.53. The summed E-state index contributed by atoms with van der Waals surface area (Å²) < 4.78 is 4.66. The average molecular weight is 240 g/mol. The lowest BCUT2D eigenvalue weighted by Crippen LogP contribution is -2.31. The predicted molar refractivity (Wildman–Crippen MR) is 63.4 cm³/mol. The third-order valence-electron chi connectivity index (χ3n) is 2.40. The molecule has 3 nitrogen and oxygen atoms in total. The molecule has 0 saturated carbocycles. The summed E-state index contributed by atoms with van der Waals surface area (Å²) in [7, 11) is 1.32. The van der Waals surface area contributed by atoms with Crippen molar-refractivity contribution in [2.24, 2.45) is 11.8 Å². The van der Waals surface area contributed by atoms with E-state index in [2.05, 4.69) is 4.74 Å². The fourth-order valence-corrected chi connectivity index (χ4v) is 2.31. The van der Waals surface area contributed by atoms with Gasteiger partial charge in [0.15, 0.2) is 5.78 Å². The zero-order valence-electron chi connectivity index (χ0n) is 9.73. The third-order valence-corrected chi connectivity index (χ3v) is 3.27. The van der Waals surface area contributed by atoms with Gasteiger partial charge >= 0.3 is 5.97 Å². The quantitative estimate of drug-likeness (QED) is 0.586. The van der Waals surface area contributed by atoms with Crippen LogP contribution in [0.4, 0.5) is 0 Å². The fraction of sp³-hybridized carbons (Fsp3) is 0.500. The Morgan fingerprint density at radius 2 is 2.12 bits per heavy atom. The summed E-state index contributed by atoms with van der Waals surface area (Å²) in [5, 5.41) is 1.92. The molecule has 0 amide bonds. The summed E-state index contributed by atoms with van der Waals surface area (Å²) in [5.41, 5.74) is 0. The fourth-order valence-electron chi connectivity index (χ4n) is 1.60. The Morgan fingerprint density at radius 3 is 2.56 bits per heavy atom. The van der Waals surface area contributed by atoms with E-state index in [1.807, 2.05) is 31.4 Å². The van der Waals surface area contributed by atoms with Gasteiger partial charge in [0, 0.05) is 11.3 Å². The van der Waals surface area contributed by atoms with Crippen LogP contribution in [-0.2, 0) is 20.7 Å². The molecule has 0 aliphatic carbocycles. The van der Waals surface area contributed by atoms with Crippen LogP contribution in [0.3, 0.4) is 0 Å². The summed E-state index contributed by atoms with van der Waals surface area (Å²) in [5.74, 6) is -1.17. The smallest absolute Gasteiger partial charge is 0.316 e. The molecule has 0 N–H and O–H groups in total. The number of Topliss-reactive ketones (excluding diaryl/α,β-unsaturated/α-hetero) is 1. The van der Waals surface area contributed by atoms with Gasteiger partial charge in [-0.05, 0) is 17.4 Å². The van der Waals surface area contributed by atoms with Gasteiger partial charge in [0.25, 0.3) is 0 Å². The Balaban J connectivity index is 2.72. The van der Waals surface area contributed by atoms with Crippen LogP contribution in [0.15, 0.2) is 17.5 Å². The summed E-state index contributed by atoms with van der Waals surface area (Å²) in [4.78, 5) is 24.4. The Bertz CT molecular complexity index is 354. The largest absolute Gasteiger partial charge is 0.468 e. The molecule has 0 aromatic carbocycles. The minimum Gasteiger partial charge on any atom is -0.468 e. The SMILES string of the molecule is COC(=O)C(C(=O)Cc1cccs1)C(C)C. The highest BCUT2D eigenvalue weighted by atomic mass is 32.1. The molecular formula is C12H16O3S. The summed E-state index contributed by atoms with van der Waals surface area (Å²) in [6, 6.07) is 3.80. The minimum atomic E-state index is -0.646. The van der Waals surface area contributed by atoms with Crippen LogP contribution in [0.1, 0.15) is 18.7 Å². The van der Waals surface area contributed by atoms with Gasteiger partial charge in [0.1, 0.15) is 5.92 Å². The normalized spacial score (nSPS) is 12.5. The van der Waals surface area contributed by atoms with Gasteiger partial charge in [0.05, 0.1) is 7.11 Å². The number of ketones is 1. The molecule has 1 unspecified atom stereocenters. The number of esters is 1. The highest BCUT2D eigenvalue weighted by Crippen LogP contribution is 2.18. The van der Waals surface area contributed by atoms with Crippen LogP contribution in [-0.4, -0.2) is 18.9 Å². The van der Waals surface area contributed by atoms with Gasteiger partial charge in [-0.15, -0.1) is 11.3 Å². The number of hydrogen-bond acceptors (Lipinski definition) is 4. The van der Waals surface area contributed by atoms with E-state index in [4.69, 9.17) is 0 Å². The maximum Gasteiger partial charge on any atom is 0.316 e. The van der Waals surface area contributed by atoms with E-state index >= 15 is 0 Å². The van der Waals surface area contributed by atoms with E-state index in [1.165, 1.54) is 18.4 Å². The number of hydrogen-bond donors (Lipinski definition) is 0. The monoisotopic (exact) mass is 240 g/mol. The van der Waals surface area contributed by atoms with Crippen molar-refractivity contribution >= 4 is 23.1 Å². The first-order valence-electron chi connectivity index (χ1n) is 5.19. The number of thiophene rings is 1. The highest BCUT2D eigenvalue weighted by Gasteiger charge is 2.30. The molecule has 88 valence electrons. The molecule has 0 radical (unpaired) electrons. The van der Waals surface area contributed by atoms with E-state index in [0.29, 0.717) is 6.42 Å². The average Bonchev–Trinajstić information content (AvgIpc) is 2.69. The van der Waals surface area contributed by atoms with Crippen LogP contribution >= 0.6 is 11.3 Å². The van der Waals surface area contributed by atoms with E-state index < -0.39 is 11.9 Å². The molecule has 1 heterocycles. The number of carbonyl (C=O) groups is 2. The van der Waals surface area contributed by atoms with Crippen LogP contribution in [0.5, 0.6) is 0 Å². The third kappa shape index (κ3) is 3.17. The number of rotatable bonds is 5. The molecular weight excluding hydrogens is 224 g/mol. The molecule has 0 aliphatic heterocycles. The van der Waals surface area contributed by atoms with Gasteiger partial charge in [-0.25, -0.2) is 0 Å². The summed E-state index contributed by atoms with van der Waals surface area (Å²) in [6.07, 6.45) is 0.315. The first-order chi connectivity index (χ1) is 7.56. The molecule has 1 rings (SSSR count). The Labute approximate surface area is 99.4 Å².